The maximum atomic E-state index is 11.5. The van der Waals surface area contributed by atoms with E-state index in [1.54, 1.807) is 6.92 Å². The van der Waals surface area contributed by atoms with Crippen molar-refractivity contribution in [3.05, 3.63) is 0 Å². The van der Waals surface area contributed by atoms with Gasteiger partial charge in [0.15, 0.2) is 0 Å². The molecule has 0 spiro atoms. The third-order valence-corrected chi connectivity index (χ3v) is 6.27. The molecule has 0 aromatic carbocycles. The summed E-state index contributed by atoms with van der Waals surface area (Å²) in [6.07, 6.45) is 10.9. The Labute approximate surface area is 123 Å². The maximum Gasteiger partial charge on any atom is 0.302 e. The Morgan fingerprint density at radius 3 is 2.45 bits per heavy atom. The standard InChI is InChI=1S/C17H30NO2/c1-13(19)20-17-14-7-6-8-15(17)16(10-9-14)18(2)11-4-3-5-12-18/h14-17H,3-12H2,1-2H3/q+1/t14-,15-,16+,17-/m1/s1. The Kier molecular flexibility index (Phi) is 4.07. The summed E-state index contributed by atoms with van der Waals surface area (Å²) in [4.78, 5) is 11.5. The van der Waals surface area contributed by atoms with Crippen molar-refractivity contribution in [1.29, 1.82) is 0 Å². The van der Waals surface area contributed by atoms with Crippen LogP contribution >= 0.6 is 0 Å². The van der Waals surface area contributed by atoms with Crippen LogP contribution in [0.5, 0.6) is 0 Å². The number of ether oxygens (including phenoxy) is 1. The molecule has 2 aliphatic carbocycles. The number of fused-ring (bicyclic) bond motifs is 2. The summed E-state index contributed by atoms with van der Waals surface area (Å²) in [5, 5.41) is 0. The predicted molar refractivity (Wildman–Crippen MR) is 79.2 cm³/mol. The topological polar surface area (TPSA) is 26.3 Å². The number of carbonyl (C=O) groups is 1. The zero-order chi connectivity index (χ0) is 14.2. The number of carbonyl (C=O) groups excluding carboxylic acids is 1. The number of hydrogen-bond donors (Lipinski definition) is 0. The summed E-state index contributed by atoms with van der Waals surface area (Å²) >= 11 is 0. The van der Waals surface area contributed by atoms with Crippen LogP contribution < -0.4 is 0 Å². The minimum absolute atomic E-state index is 0.0751. The molecular formula is C17H30NO2+. The van der Waals surface area contributed by atoms with E-state index in [2.05, 4.69) is 7.05 Å². The number of hydrogen-bond acceptors (Lipinski definition) is 2. The van der Waals surface area contributed by atoms with Gasteiger partial charge in [-0.2, -0.15) is 0 Å². The summed E-state index contributed by atoms with van der Waals surface area (Å²) in [6.45, 7) is 4.24. The zero-order valence-electron chi connectivity index (χ0n) is 13.1. The Morgan fingerprint density at radius 2 is 1.75 bits per heavy atom. The molecule has 0 unspecified atom stereocenters. The van der Waals surface area contributed by atoms with Crippen LogP contribution in [0.1, 0.15) is 58.3 Å². The predicted octanol–water partition coefficient (Wildman–Crippen LogP) is 3.13. The first kappa shape index (κ1) is 14.4. The lowest BCUT2D eigenvalue weighted by Crippen LogP contribution is -2.63. The molecule has 0 amide bonds. The Balaban J connectivity index is 1.79. The zero-order valence-corrected chi connectivity index (χ0v) is 13.1. The van der Waals surface area contributed by atoms with Crippen molar-refractivity contribution in [2.45, 2.75) is 70.4 Å². The molecule has 114 valence electrons. The van der Waals surface area contributed by atoms with Crippen molar-refractivity contribution in [2.75, 3.05) is 20.1 Å². The van der Waals surface area contributed by atoms with Gasteiger partial charge in [-0.15, -0.1) is 0 Å². The van der Waals surface area contributed by atoms with Crippen molar-refractivity contribution in [1.82, 2.24) is 0 Å². The fourth-order valence-corrected chi connectivity index (χ4v) is 5.33. The maximum absolute atomic E-state index is 11.5. The van der Waals surface area contributed by atoms with Gasteiger partial charge in [0.1, 0.15) is 6.10 Å². The molecule has 3 nitrogen and oxygen atoms in total. The largest absolute Gasteiger partial charge is 0.462 e. The van der Waals surface area contributed by atoms with Gasteiger partial charge in [-0.3, -0.25) is 4.79 Å². The lowest BCUT2D eigenvalue weighted by Gasteiger charge is -2.54. The van der Waals surface area contributed by atoms with Gasteiger partial charge in [0, 0.05) is 19.3 Å². The molecule has 1 saturated heterocycles. The van der Waals surface area contributed by atoms with Crippen molar-refractivity contribution >= 4 is 5.97 Å². The van der Waals surface area contributed by atoms with Crippen LogP contribution in [0.15, 0.2) is 0 Å². The quantitative estimate of drug-likeness (QED) is 0.574. The normalized spacial score (nSPS) is 40.1. The van der Waals surface area contributed by atoms with Crippen LogP contribution in [0.3, 0.4) is 0 Å². The highest BCUT2D eigenvalue weighted by molar-refractivity contribution is 5.66. The fraction of sp³-hybridized carbons (Fsp3) is 0.941. The number of nitrogens with zero attached hydrogens (tertiary/aromatic N) is 1. The van der Waals surface area contributed by atoms with Crippen LogP contribution in [-0.2, 0) is 9.53 Å². The Hall–Kier alpha value is -0.570. The molecule has 2 bridgehead atoms. The molecule has 1 heterocycles. The van der Waals surface area contributed by atoms with E-state index in [0.717, 1.165) is 6.04 Å². The van der Waals surface area contributed by atoms with Crippen LogP contribution in [0.2, 0.25) is 0 Å². The first-order valence-corrected chi connectivity index (χ1v) is 8.61. The smallest absolute Gasteiger partial charge is 0.302 e. The molecule has 2 saturated carbocycles. The van der Waals surface area contributed by atoms with Crippen molar-refractivity contribution in [2.24, 2.45) is 11.8 Å². The molecule has 20 heavy (non-hydrogen) atoms. The average molecular weight is 280 g/mol. The summed E-state index contributed by atoms with van der Waals surface area (Å²) in [5.74, 6) is 1.19. The van der Waals surface area contributed by atoms with E-state index in [1.165, 1.54) is 68.9 Å². The third-order valence-electron chi connectivity index (χ3n) is 6.27. The Bertz CT molecular complexity index is 362. The van der Waals surface area contributed by atoms with Gasteiger partial charge in [0.25, 0.3) is 0 Å². The van der Waals surface area contributed by atoms with E-state index in [4.69, 9.17) is 4.74 Å². The van der Waals surface area contributed by atoms with E-state index in [-0.39, 0.29) is 12.1 Å². The fourth-order valence-electron chi connectivity index (χ4n) is 5.33. The lowest BCUT2D eigenvalue weighted by atomic mass is 9.66. The van der Waals surface area contributed by atoms with Crippen LogP contribution in [0.25, 0.3) is 0 Å². The van der Waals surface area contributed by atoms with E-state index in [0.29, 0.717) is 11.8 Å². The molecule has 3 aliphatic rings. The summed E-state index contributed by atoms with van der Waals surface area (Å²) in [7, 11) is 2.46. The molecule has 0 aromatic rings. The summed E-state index contributed by atoms with van der Waals surface area (Å²) < 4.78 is 7.02. The highest BCUT2D eigenvalue weighted by Gasteiger charge is 2.50. The second-order valence-corrected chi connectivity index (χ2v) is 7.56. The Morgan fingerprint density at radius 1 is 1.00 bits per heavy atom. The SMILES string of the molecule is CC(=O)O[C@@H]1[C@@H]2CCC[C@@H]1[C@@H]([N+]1(C)CCCCC1)CC2. The van der Waals surface area contributed by atoms with Gasteiger partial charge >= 0.3 is 5.97 Å². The monoisotopic (exact) mass is 280 g/mol. The third kappa shape index (κ3) is 2.61. The van der Waals surface area contributed by atoms with Gasteiger partial charge in [0.05, 0.1) is 26.2 Å². The highest BCUT2D eigenvalue weighted by Crippen LogP contribution is 2.46. The first-order chi connectivity index (χ1) is 9.60. The van der Waals surface area contributed by atoms with Gasteiger partial charge in [-0.1, -0.05) is 6.42 Å². The average Bonchev–Trinajstić information content (AvgIpc) is 2.38. The summed E-state index contributed by atoms with van der Waals surface area (Å²) in [5.41, 5.74) is 0. The number of rotatable bonds is 2. The van der Waals surface area contributed by atoms with Crippen molar-refractivity contribution in [3.8, 4) is 0 Å². The first-order valence-electron chi connectivity index (χ1n) is 8.61. The molecule has 0 aromatic heterocycles. The molecule has 1 aliphatic heterocycles. The molecular weight excluding hydrogens is 250 g/mol. The second-order valence-electron chi connectivity index (χ2n) is 7.56. The molecule has 4 atom stereocenters. The van der Waals surface area contributed by atoms with Crippen molar-refractivity contribution in [3.63, 3.8) is 0 Å². The number of piperidine rings is 1. The van der Waals surface area contributed by atoms with E-state index in [9.17, 15) is 4.79 Å². The van der Waals surface area contributed by atoms with Gasteiger partial charge in [0.2, 0.25) is 0 Å². The van der Waals surface area contributed by atoms with Crippen LogP contribution in [0, 0.1) is 11.8 Å². The molecule has 3 heteroatoms. The van der Waals surface area contributed by atoms with Gasteiger partial charge in [-0.25, -0.2) is 0 Å². The minimum atomic E-state index is -0.0751. The molecule has 3 rings (SSSR count). The molecule has 3 fully saturated rings. The summed E-state index contributed by atoms with van der Waals surface area (Å²) in [6, 6.07) is 0.733. The number of likely N-dealkylation sites (tertiary alicyclic amines) is 1. The number of esters is 1. The molecule has 0 N–H and O–H groups in total. The lowest BCUT2D eigenvalue weighted by molar-refractivity contribution is -0.943. The van der Waals surface area contributed by atoms with E-state index >= 15 is 0 Å². The van der Waals surface area contributed by atoms with Crippen LogP contribution in [-0.4, -0.2) is 42.7 Å². The highest BCUT2D eigenvalue weighted by atomic mass is 16.5. The van der Waals surface area contributed by atoms with E-state index in [1.807, 2.05) is 0 Å². The van der Waals surface area contributed by atoms with Gasteiger partial charge < -0.3 is 9.22 Å². The second kappa shape index (κ2) is 5.67. The minimum Gasteiger partial charge on any atom is -0.462 e. The number of quaternary nitrogens is 1. The van der Waals surface area contributed by atoms with Crippen LogP contribution in [0.4, 0.5) is 0 Å². The van der Waals surface area contributed by atoms with Gasteiger partial charge in [-0.05, 0) is 44.4 Å². The molecule has 0 radical (unpaired) electrons. The van der Waals surface area contributed by atoms with E-state index < -0.39 is 0 Å². The van der Waals surface area contributed by atoms with Crippen molar-refractivity contribution < 1.29 is 14.0 Å².